The van der Waals surface area contributed by atoms with Crippen LogP contribution in [0.25, 0.3) is 0 Å². The molecule has 118 valence electrons. The van der Waals surface area contributed by atoms with Crippen molar-refractivity contribution >= 4 is 21.4 Å². The molecule has 2 fully saturated rings. The molecular formula is C14H23N3O2S2. The molecule has 1 aromatic rings. The minimum absolute atomic E-state index is 0.446. The molecule has 2 aliphatic rings. The Bertz CT molecular complexity index is 561. The highest BCUT2D eigenvalue weighted by molar-refractivity contribution is 7.89. The van der Waals surface area contributed by atoms with E-state index in [4.69, 9.17) is 0 Å². The van der Waals surface area contributed by atoms with Gasteiger partial charge in [-0.2, -0.15) is 0 Å². The lowest BCUT2D eigenvalue weighted by Gasteiger charge is -2.15. The van der Waals surface area contributed by atoms with Crippen LogP contribution in [-0.2, 0) is 16.6 Å². The summed E-state index contributed by atoms with van der Waals surface area (Å²) in [5, 5.41) is 5.24. The molecule has 0 bridgehead atoms. The van der Waals surface area contributed by atoms with Crippen LogP contribution in [0.2, 0.25) is 0 Å². The molecule has 0 radical (unpaired) electrons. The summed E-state index contributed by atoms with van der Waals surface area (Å²) in [4.78, 5) is 3.67. The number of rotatable bonds is 8. The summed E-state index contributed by atoms with van der Waals surface area (Å²) in [7, 11) is -3.37. The first kappa shape index (κ1) is 15.4. The summed E-state index contributed by atoms with van der Waals surface area (Å²) in [5.41, 5.74) is 0. The van der Waals surface area contributed by atoms with Crippen molar-refractivity contribution in [1.29, 1.82) is 0 Å². The second-order valence-electron chi connectivity index (χ2n) is 5.81. The monoisotopic (exact) mass is 329 g/mol. The van der Waals surface area contributed by atoms with Gasteiger partial charge in [-0.1, -0.05) is 0 Å². The molecule has 1 aliphatic heterocycles. The Morgan fingerprint density at radius 1 is 1.29 bits per heavy atom. The van der Waals surface area contributed by atoms with E-state index in [1.165, 1.54) is 37.0 Å². The highest BCUT2D eigenvalue weighted by atomic mass is 32.2. The van der Waals surface area contributed by atoms with Gasteiger partial charge < -0.3 is 10.2 Å². The van der Waals surface area contributed by atoms with Gasteiger partial charge in [0.05, 0.1) is 4.90 Å². The van der Waals surface area contributed by atoms with E-state index in [-0.39, 0.29) is 0 Å². The average Bonchev–Trinajstić information content (AvgIpc) is 2.93. The standard InChI is InChI=1S/C14H23N3O2S2/c18-21(19,16-6-9-17-7-1-2-8-17)14-5-10-20-13(14)11-15-12-3-4-12/h5,10,12,15-16H,1-4,6-9,11H2. The molecule has 2 heterocycles. The van der Waals surface area contributed by atoms with Gasteiger partial charge in [-0.05, 0) is 50.2 Å². The van der Waals surface area contributed by atoms with E-state index in [0.717, 1.165) is 24.5 Å². The molecule has 0 atom stereocenters. The molecule has 1 aliphatic carbocycles. The van der Waals surface area contributed by atoms with E-state index in [2.05, 4.69) is 14.9 Å². The van der Waals surface area contributed by atoms with Crippen LogP contribution in [0.1, 0.15) is 30.6 Å². The SMILES string of the molecule is O=S(=O)(NCCN1CCCC1)c1ccsc1CNC1CC1. The summed E-state index contributed by atoms with van der Waals surface area (Å²) < 4.78 is 27.5. The van der Waals surface area contributed by atoms with Gasteiger partial charge in [-0.25, -0.2) is 13.1 Å². The van der Waals surface area contributed by atoms with Gasteiger partial charge in [0.25, 0.3) is 0 Å². The van der Waals surface area contributed by atoms with Crippen LogP contribution in [0, 0.1) is 0 Å². The van der Waals surface area contributed by atoms with Crippen LogP contribution >= 0.6 is 11.3 Å². The van der Waals surface area contributed by atoms with Crippen molar-refractivity contribution in [3.8, 4) is 0 Å². The van der Waals surface area contributed by atoms with E-state index in [1.807, 2.05) is 5.38 Å². The topological polar surface area (TPSA) is 61.4 Å². The normalized spacial score (nSPS) is 20.2. The van der Waals surface area contributed by atoms with Crippen LogP contribution in [0.4, 0.5) is 0 Å². The summed E-state index contributed by atoms with van der Waals surface area (Å²) in [6.45, 7) is 4.14. The van der Waals surface area contributed by atoms with Crippen molar-refractivity contribution in [3.05, 3.63) is 16.3 Å². The predicted octanol–water partition coefficient (Wildman–Crippen LogP) is 1.37. The fraction of sp³-hybridized carbons (Fsp3) is 0.714. The quantitative estimate of drug-likeness (QED) is 0.756. The van der Waals surface area contributed by atoms with Gasteiger partial charge >= 0.3 is 0 Å². The van der Waals surface area contributed by atoms with Gasteiger partial charge in [0.15, 0.2) is 0 Å². The third-order valence-electron chi connectivity index (χ3n) is 4.04. The number of thiophene rings is 1. The molecule has 0 spiro atoms. The molecule has 21 heavy (non-hydrogen) atoms. The highest BCUT2D eigenvalue weighted by Crippen LogP contribution is 2.24. The number of nitrogens with zero attached hydrogens (tertiary/aromatic N) is 1. The first-order valence-corrected chi connectivity index (χ1v) is 10.0. The molecule has 3 rings (SSSR count). The summed E-state index contributed by atoms with van der Waals surface area (Å²) in [6.07, 6.45) is 4.88. The predicted molar refractivity (Wildman–Crippen MR) is 85.0 cm³/mol. The van der Waals surface area contributed by atoms with Crippen molar-refractivity contribution in [3.63, 3.8) is 0 Å². The fourth-order valence-corrected chi connectivity index (χ4v) is 5.06. The van der Waals surface area contributed by atoms with Crippen LogP contribution in [-0.4, -0.2) is 45.5 Å². The minimum Gasteiger partial charge on any atom is -0.309 e. The first-order chi connectivity index (χ1) is 10.1. The van der Waals surface area contributed by atoms with Gasteiger partial charge in [0, 0.05) is 30.6 Å². The summed E-state index contributed by atoms with van der Waals surface area (Å²) >= 11 is 1.51. The third-order valence-corrected chi connectivity index (χ3v) is 6.64. The van der Waals surface area contributed by atoms with E-state index in [0.29, 0.717) is 24.0 Å². The van der Waals surface area contributed by atoms with Crippen molar-refractivity contribution in [2.45, 2.75) is 43.2 Å². The van der Waals surface area contributed by atoms with E-state index in [1.54, 1.807) is 6.07 Å². The van der Waals surface area contributed by atoms with Gasteiger partial charge in [0.1, 0.15) is 0 Å². The molecule has 1 saturated heterocycles. The van der Waals surface area contributed by atoms with Crippen molar-refractivity contribution < 1.29 is 8.42 Å². The molecule has 1 aromatic heterocycles. The largest absolute Gasteiger partial charge is 0.309 e. The van der Waals surface area contributed by atoms with Crippen molar-refractivity contribution in [2.75, 3.05) is 26.2 Å². The smallest absolute Gasteiger partial charge is 0.241 e. The van der Waals surface area contributed by atoms with Crippen LogP contribution < -0.4 is 10.0 Å². The third kappa shape index (κ3) is 4.26. The zero-order valence-corrected chi connectivity index (χ0v) is 13.8. The Morgan fingerprint density at radius 2 is 2.05 bits per heavy atom. The van der Waals surface area contributed by atoms with Crippen LogP contribution in [0.3, 0.4) is 0 Å². The molecule has 5 nitrogen and oxygen atoms in total. The van der Waals surface area contributed by atoms with Gasteiger partial charge in [0.2, 0.25) is 10.0 Å². The second-order valence-corrected chi connectivity index (χ2v) is 8.55. The van der Waals surface area contributed by atoms with E-state index < -0.39 is 10.0 Å². The Hall–Kier alpha value is -0.470. The zero-order chi connectivity index (χ0) is 14.7. The summed E-state index contributed by atoms with van der Waals surface area (Å²) in [5.74, 6) is 0. The highest BCUT2D eigenvalue weighted by Gasteiger charge is 2.24. The van der Waals surface area contributed by atoms with Crippen LogP contribution in [0.5, 0.6) is 0 Å². The maximum atomic E-state index is 12.4. The number of sulfonamides is 1. The maximum absolute atomic E-state index is 12.4. The molecule has 0 unspecified atom stereocenters. The number of hydrogen-bond acceptors (Lipinski definition) is 5. The Balaban J connectivity index is 1.54. The molecule has 0 amide bonds. The van der Waals surface area contributed by atoms with Crippen LogP contribution in [0.15, 0.2) is 16.3 Å². The minimum atomic E-state index is -3.37. The van der Waals surface area contributed by atoms with Crippen molar-refractivity contribution in [2.24, 2.45) is 0 Å². The van der Waals surface area contributed by atoms with E-state index >= 15 is 0 Å². The fourth-order valence-electron chi connectivity index (χ4n) is 2.64. The zero-order valence-electron chi connectivity index (χ0n) is 12.2. The molecule has 0 aromatic carbocycles. The van der Waals surface area contributed by atoms with Crippen molar-refractivity contribution in [1.82, 2.24) is 14.9 Å². The number of likely N-dealkylation sites (tertiary alicyclic amines) is 1. The lowest BCUT2D eigenvalue weighted by molar-refractivity contribution is 0.344. The molecule has 2 N–H and O–H groups in total. The Kier molecular flexibility index (Phi) is 4.96. The summed E-state index contributed by atoms with van der Waals surface area (Å²) in [6, 6.07) is 2.30. The maximum Gasteiger partial charge on any atom is 0.241 e. The molecule has 7 heteroatoms. The number of hydrogen-bond donors (Lipinski definition) is 2. The average molecular weight is 329 g/mol. The van der Waals surface area contributed by atoms with E-state index in [9.17, 15) is 8.42 Å². The first-order valence-electron chi connectivity index (χ1n) is 7.67. The van der Waals surface area contributed by atoms with Gasteiger partial charge in [-0.3, -0.25) is 0 Å². The molecular weight excluding hydrogens is 306 g/mol. The van der Waals surface area contributed by atoms with Gasteiger partial charge in [-0.15, -0.1) is 11.3 Å². The molecule has 1 saturated carbocycles. The lowest BCUT2D eigenvalue weighted by atomic mass is 10.4. The number of nitrogens with one attached hydrogen (secondary N) is 2. The Labute approximate surface area is 130 Å². The second kappa shape index (κ2) is 6.75. The Morgan fingerprint density at radius 3 is 2.76 bits per heavy atom. The lowest BCUT2D eigenvalue weighted by Crippen LogP contribution is -2.33.